The zero-order chi connectivity index (χ0) is 19.8. The van der Waals surface area contributed by atoms with Crippen LogP contribution in [0.5, 0.6) is 0 Å². The fourth-order valence-corrected chi connectivity index (χ4v) is 5.47. The van der Waals surface area contributed by atoms with Gasteiger partial charge >= 0.3 is 0 Å². The molecule has 1 aliphatic carbocycles. The molecule has 0 saturated carbocycles. The van der Waals surface area contributed by atoms with Crippen LogP contribution in [-0.2, 0) is 30.6 Å². The lowest BCUT2D eigenvalue weighted by molar-refractivity contribution is -0.128. The Hall–Kier alpha value is -2.47. The van der Waals surface area contributed by atoms with E-state index in [1.165, 1.54) is 28.8 Å². The molecular formula is C23H25N3O2S. The third kappa shape index (κ3) is 3.73. The smallest absolute Gasteiger partial charge is 0.268 e. The van der Waals surface area contributed by atoms with Crippen LogP contribution in [-0.4, -0.2) is 27.5 Å². The summed E-state index contributed by atoms with van der Waals surface area (Å²) in [5.74, 6) is 1.42. The van der Waals surface area contributed by atoms with E-state index in [9.17, 15) is 4.79 Å². The van der Waals surface area contributed by atoms with Crippen molar-refractivity contribution in [3.63, 3.8) is 0 Å². The lowest BCUT2D eigenvalue weighted by Crippen LogP contribution is -2.24. The molecule has 2 aromatic heterocycles. The number of aryl methyl sites for hydroxylation is 3. The van der Waals surface area contributed by atoms with Crippen molar-refractivity contribution in [2.75, 3.05) is 6.54 Å². The monoisotopic (exact) mass is 407 g/mol. The number of hydrogen-bond donors (Lipinski definition) is 0. The Balaban J connectivity index is 1.28. The van der Waals surface area contributed by atoms with Crippen LogP contribution in [0.15, 0.2) is 34.9 Å². The number of thiophene rings is 1. The molecule has 29 heavy (non-hydrogen) atoms. The number of rotatable bonds is 5. The number of fused-ring (bicyclic) bond motifs is 1. The minimum absolute atomic E-state index is 0.00417. The fourth-order valence-electron chi connectivity index (χ4n) is 4.30. The zero-order valence-corrected chi connectivity index (χ0v) is 17.5. The lowest BCUT2D eigenvalue weighted by atomic mass is 9.99. The maximum Gasteiger partial charge on any atom is 0.268 e. The molecule has 5 nitrogen and oxygen atoms in total. The molecule has 1 unspecified atom stereocenters. The van der Waals surface area contributed by atoms with E-state index >= 15 is 0 Å². The average molecular weight is 408 g/mol. The van der Waals surface area contributed by atoms with Gasteiger partial charge in [-0.05, 0) is 54.9 Å². The summed E-state index contributed by atoms with van der Waals surface area (Å²) in [6.45, 7) is 3.43. The number of carbonyl (C=O) groups excluding carboxylic acids is 1. The van der Waals surface area contributed by atoms with E-state index in [0.29, 0.717) is 31.2 Å². The van der Waals surface area contributed by atoms with Crippen LogP contribution in [0.3, 0.4) is 0 Å². The molecule has 1 amide bonds. The summed E-state index contributed by atoms with van der Waals surface area (Å²) >= 11 is 1.78. The first-order valence-corrected chi connectivity index (χ1v) is 11.3. The van der Waals surface area contributed by atoms with E-state index < -0.39 is 0 Å². The molecule has 0 bridgehead atoms. The van der Waals surface area contributed by atoms with Crippen LogP contribution in [0, 0.1) is 0 Å². The Morgan fingerprint density at radius 2 is 1.97 bits per heavy atom. The third-order valence-electron chi connectivity index (χ3n) is 6.03. The van der Waals surface area contributed by atoms with Gasteiger partial charge in [0.25, 0.3) is 5.89 Å². The molecule has 1 atom stereocenters. The Morgan fingerprint density at radius 3 is 2.76 bits per heavy atom. The molecular weight excluding hydrogens is 382 g/mol. The number of aromatic nitrogens is 2. The molecule has 150 valence electrons. The van der Waals surface area contributed by atoms with Crippen LogP contribution < -0.4 is 0 Å². The highest BCUT2D eigenvalue weighted by molar-refractivity contribution is 7.15. The van der Waals surface area contributed by atoms with Crippen LogP contribution in [0.2, 0.25) is 0 Å². The molecule has 2 aliphatic rings. The number of amides is 1. The molecule has 0 N–H and O–H groups in total. The van der Waals surface area contributed by atoms with Gasteiger partial charge in [-0.25, -0.2) is 0 Å². The number of likely N-dealkylation sites (tertiary alicyclic amines) is 1. The van der Waals surface area contributed by atoms with Crippen molar-refractivity contribution < 1.29 is 9.32 Å². The summed E-state index contributed by atoms with van der Waals surface area (Å²) in [6.07, 6.45) is 6.32. The van der Waals surface area contributed by atoms with Gasteiger partial charge in [0.15, 0.2) is 5.82 Å². The van der Waals surface area contributed by atoms with Crippen molar-refractivity contribution in [2.24, 2.45) is 0 Å². The van der Waals surface area contributed by atoms with E-state index in [4.69, 9.17) is 4.52 Å². The highest BCUT2D eigenvalue weighted by Gasteiger charge is 2.34. The molecule has 6 heteroatoms. The molecule has 0 spiro atoms. The predicted molar refractivity (Wildman–Crippen MR) is 113 cm³/mol. The molecule has 1 fully saturated rings. The Labute approximate surface area is 174 Å². The SMILES string of the molecule is CCc1ccc(CN2CC(c3noc(-c4cc5c(s4)CCCC5)n3)CC2=O)cc1. The van der Waals surface area contributed by atoms with Gasteiger partial charge in [0.1, 0.15) is 0 Å². The first kappa shape index (κ1) is 18.6. The van der Waals surface area contributed by atoms with Crippen molar-refractivity contribution >= 4 is 17.2 Å². The number of hydrogen-bond acceptors (Lipinski definition) is 5. The topological polar surface area (TPSA) is 59.2 Å². The summed E-state index contributed by atoms with van der Waals surface area (Å²) in [5.41, 5.74) is 3.91. The van der Waals surface area contributed by atoms with Gasteiger partial charge in [0, 0.05) is 30.3 Å². The van der Waals surface area contributed by atoms with Gasteiger partial charge in [-0.15, -0.1) is 11.3 Å². The van der Waals surface area contributed by atoms with E-state index in [0.717, 1.165) is 29.7 Å². The molecule has 1 aromatic carbocycles. The van der Waals surface area contributed by atoms with Crippen molar-refractivity contribution in [2.45, 2.75) is 57.9 Å². The maximum atomic E-state index is 12.5. The Morgan fingerprint density at radius 1 is 1.17 bits per heavy atom. The van der Waals surface area contributed by atoms with Gasteiger partial charge in [0.05, 0.1) is 4.88 Å². The molecule has 5 rings (SSSR count). The Kier molecular flexibility index (Phi) is 4.96. The molecule has 3 aromatic rings. The predicted octanol–water partition coefficient (Wildman–Crippen LogP) is 4.76. The summed E-state index contributed by atoms with van der Waals surface area (Å²) < 4.78 is 5.57. The summed E-state index contributed by atoms with van der Waals surface area (Å²) in [5, 5.41) is 4.22. The Bertz CT molecular complexity index is 998. The van der Waals surface area contributed by atoms with E-state index in [1.807, 2.05) is 4.90 Å². The molecule has 0 radical (unpaired) electrons. The molecule has 1 aliphatic heterocycles. The van der Waals surface area contributed by atoms with Gasteiger partial charge < -0.3 is 9.42 Å². The normalized spacial score (nSPS) is 19.0. The highest BCUT2D eigenvalue weighted by atomic mass is 32.1. The summed E-state index contributed by atoms with van der Waals surface area (Å²) in [6, 6.07) is 10.7. The van der Waals surface area contributed by atoms with Crippen LogP contribution in [0.4, 0.5) is 0 Å². The van der Waals surface area contributed by atoms with Crippen LogP contribution in [0.25, 0.3) is 10.8 Å². The fraction of sp³-hybridized carbons (Fsp3) is 0.435. The zero-order valence-electron chi connectivity index (χ0n) is 16.7. The maximum absolute atomic E-state index is 12.5. The first-order valence-electron chi connectivity index (χ1n) is 10.5. The minimum Gasteiger partial charge on any atom is -0.338 e. The second-order valence-corrected chi connectivity index (χ2v) is 9.21. The summed E-state index contributed by atoms with van der Waals surface area (Å²) in [7, 11) is 0. The van der Waals surface area contributed by atoms with Gasteiger partial charge in [0.2, 0.25) is 5.91 Å². The van der Waals surface area contributed by atoms with E-state index in [-0.39, 0.29) is 11.8 Å². The van der Waals surface area contributed by atoms with Gasteiger partial charge in [-0.2, -0.15) is 4.98 Å². The van der Waals surface area contributed by atoms with Crippen LogP contribution >= 0.6 is 11.3 Å². The van der Waals surface area contributed by atoms with E-state index in [2.05, 4.69) is 47.4 Å². The van der Waals surface area contributed by atoms with Crippen LogP contribution in [0.1, 0.15) is 59.5 Å². The van der Waals surface area contributed by atoms with Gasteiger partial charge in [-0.3, -0.25) is 4.79 Å². The average Bonchev–Trinajstić information content (AvgIpc) is 3.46. The largest absolute Gasteiger partial charge is 0.338 e. The number of nitrogens with zero attached hydrogens (tertiary/aromatic N) is 3. The van der Waals surface area contributed by atoms with Crippen molar-refractivity contribution in [3.05, 3.63) is 57.7 Å². The molecule has 3 heterocycles. The number of carbonyl (C=O) groups is 1. The van der Waals surface area contributed by atoms with Crippen molar-refractivity contribution in [1.29, 1.82) is 0 Å². The summed E-state index contributed by atoms with van der Waals surface area (Å²) in [4.78, 5) is 21.6. The van der Waals surface area contributed by atoms with Gasteiger partial charge in [-0.1, -0.05) is 36.3 Å². The van der Waals surface area contributed by atoms with Crippen molar-refractivity contribution in [1.82, 2.24) is 15.0 Å². The minimum atomic E-state index is 0.00417. The number of benzene rings is 1. The highest BCUT2D eigenvalue weighted by Crippen LogP contribution is 2.36. The third-order valence-corrected chi connectivity index (χ3v) is 7.26. The lowest BCUT2D eigenvalue weighted by Gasteiger charge is -2.16. The van der Waals surface area contributed by atoms with E-state index in [1.54, 1.807) is 11.3 Å². The van der Waals surface area contributed by atoms with Crippen molar-refractivity contribution in [3.8, 4) is 10.8 Å². The first-order chi connectivity index (χ1) is 14.2. The quantitative estimate of drug-likeness (QED) is 0.612. The molecule has 1 saturated heterocycles. The standard InChI is InChI=1S/C23H25N3O2S/c1-2-15-7-9-16(10-8-15)13-26-14-18(12-21(26)27)22-24-23(28-25-22)20-11-17-5-3-4-6-19(17)29-20/h7-11,18H,2-6,12-14H2,1H3. The second-order valence-electron chi connectivity index (χ2n) is 8.07. The second kappa shape index (κ2) is 7.75.